The Morgan fingerprint density at radius 3 is 2.35 bits per heavy atom. The lowest BCUT2D eigenvalue weighted by Crippen LogP contribution is -2.25. The standard InChI is InChI=1S/C12H12F2N2O2S2/c1-7-2-3-9(19-7)6-16-20(17,18)12-10(13)4-8(15)5-11(12)14/h2-5,16H,6,15H2,1H3. The second-order valence-corrected chi connectivity index (χ2v) is 7.23. The highest BCUT2D eigenvalue weighted by Gasteiger charge is 2.24. The van der Waals surface area contributed by atoms with Gasteiger partial charge >= 0.3 is 0 Å². The molecule has 0 spiro atoms. The van der Waals surface area contributed by atoms with Crippen molar-refractivity contribution in [1.82, 2.24) is 4.72 Å². The van der Waals surface area contributed by atoms with E-state index < -0.39 is 26.6 Å². The van der Waals surface area contributed by atoms with E-state index in [0.717, 1.165) is 21.9 Å². The van der Waals surface area contributed by atoms with E-state index in [4.69, 9.17) is 5.73 Å². The maximum Gasteiger partial charge on any atom is 0.246 e. The van der Waals surface area contributed by atoms with Crippen molar-refractivity contribution in [3.63, 3.8) is 0 Å². The van der Waals surface area contributed by atoms with Crippen molar-refractivity contribution in [2.75, 3.05) is 5.73 Å². The number of thiophene rings is 1. The summed E-state index contributed by atoms with van der Waals surface area (Å²) in [6.07, 6.45) is 0. The van der Waals surface area contributed by atoms with E-state index in [9.17, 15) is 17.2 Å². The van der Waals surface area contributed by atoms with Gasteiger partial charge in [-0.2, -0.15) is 0 Å². The van der Waals surface area contributed by atoms with Gasteiger partial charge in [0.25, 0.3) is 0 Å². The normalized spacial score (nSPS) is 11.8. The predicted molar refractivity (Wildman–Crippen MR) is 73.9 cm³/mol. The number of hydrogen-bond donors (Lipinski definition) is 2. The van der Waals surface area contributed by atoms with Crippen molar-refractivity contribution < 1.29 is 17.2 Å². The van der Waals surface area contributed by atoms with Crippen molar-refractivity contribution >= 4 is 27.0 Å². The topological polar surface area (TPSA) is 72.2 Å². The molecule has 4 nitrogen and oxygen atoms in total. The second-order valence-electron chi connectivity index (χ2n) is 4.15. The third-order valence-corrected chi connectivity index (χ3v) is 4.97. The summed E-state index contributed by atoms with van der Waals surface area (Å²) in [5.74, 6) is -2.42. The molecule has 0 unspecified atom stereocenters. The van der Waals surface area contributed by atoms with E-state index in [-0.39, 0.29) is 12.2 Å². The molecule has 0 saturated heterocycles. The van der Waals surface area contributed by atoms with Crippen LogP contribution in [0, 0.1) is 18.6 Å². The van der Waals surface area contributed by atoms with Gasteiger partial charge in [0.15, 0.2) is 4.90 Å². The summed E-state index contributed by atoms with van der Waals surface area (Å²) in [4.78, 5) is 0.756. The summed E-state index contributed by atoms with van der Waals surface area (Å²) in [6.45, 7) is 1.85. The molecule has 0 bridgehead atoms. The molecule has 0 fully saturated rings. The van der Waals surface area contributed by atoms with Crippen molar-refractivity contribution in [3.05, 3.63) is 45.7 Å². The van der Waals surface area contributed by atoms with Crippen LogP contribution >= 0.6 is 11.3 Å². The molecule has 2 aromatic rings. The van der Waals surface area contributed by atoms with Gasteiger partial charge in [-0.1, -0.05) is 0 Å². The highest BCUT2D eigenvalue weighted by atomic mass is 32.2. The first kappa shape index (κ1) is 14.9. The average molecular weight is 318 g/mol. The van der Waals surface area contributed by atoms with Crippen LogP contribution in [0.1, 0.15) is 9.75 Å². The zero-order chi connectivity index (χ0) is 14.9. The summed E-state index contributed by atoms with van der Waals surface area (Å²) in [7, 11) is -4.28. The predicted octanol–water partition coefficient (Wildman–Crippen LogP) is 2.40. The zero-order valence-electron chi connectivity index (χ0n) is 10.5. The van der Waals surface area contributed by atoms with Crippen LogP contribution in [0.2, 0.25) is 0 Å². The van der Waals surface area contributed by atoms with Crippen molar-refractivity contribution in [2.45, 2.75) is 18.4 Å². The number of hydrogen-bond acceptors (Lipinski definition) is 4. The summed E-state index contributed by atoms with van der Waals surface area (Å²) in [5.41, 5.74) is 5.07. The fraction of sp³-hybridized carbons (Fsp3) is 0.167. The van der Waals surface area contributed by atoms with Crippen LogP contribution in [0.4, 0.5) is 14.5 Å². The second kappa shape index (κ2) is 5.47. The summed E-state index contributed by atoms with van der Waals surface area (Å²) >= 11 is 1.40. The average Bonchev–Trinajstić information content (AvgIpc) is 2.71. The summed E-state index contributed by atoms with van der Waals surface area (Å²) in [6, 6.07) is 5.12. The molecule has 1 aromatic carbocycles. The zero-order valence-corrected chi connectivity index (χ0v) is 12.1. The van der Waals surface area contributed by atoms with Gasteiger partial charge in [-0.05, 0) is 31.2 Å². The molecule has 0 aliphatic carbocycles. The Bertz CT molecular complexity index is 719. The molecule has 2 rings (SSSR count). The third-order valence-electron chi connectivity index (χ3n) is 2.52. The van der Waals surface area contributed by atoms with Gasteiger partial charge in [0.2, 0.25) is 10.0 Å². The van der Waals surface area contributed by atoms with Crippen LogP contribution in [0.15, 0.2) is 29.2 Å². The molecule has 1 aromatic heterocycles. The van der Waals surface area contributed by atoms with Gasteiger partial charge in [0.1, 0.15) is 11.6 Å². The number of halogens is 2. The lowest BCUT2D eigenvalue weighted by molar-refractivity contribution is 0.515. The Labute approximate surface area is 119 Å². The molecule has 20 heavy (non-hydrogen) atoms. The molecule has 3 N–H and O–H groups in total. The summed E-state index contributed by atoms with van der Waals surface area (Å²) < 4.78 is 53.2. The first-order valence-electron chi connectivity index (χ1n) is 5.59. The number of rotatable bonds is 4. The molecular formula is C12H12F2N2O2S2. The lowest BCUT2D eigenvalue weighted by Gasteiger charge is -2.08. The largest absolute Gasteiger partial charge is 0.399 e. The molecule has 108 valence electrons. The number of anilines is 1. The maximum absolute atomic E-state index is 13.6. The number of benzene rings is 1. The Balaban J connectivity index is 2.27. The smallest absolute Gasteiger partial charge is 0.246 e. The minimum Gasteiger partial charge on any atom is -0.399 e. The van der Waals surface area contributed by atoms with Gasteiger partial charge < -0.3 is 5.73 Å². The van der Waals surface area contributed by atoms with Crippen molar-refractivity contribution in [3.8, 4) is 0 Å². The minimum atomic E-state index is -4.28. The van der Waals surface area contributed by atoms with Crippen LogP contribution in [-0.2, 0) is 16.6 Å². The van der Waals surface area contributed by atoms with Crippen molar-refractivity contribution in [2.24, 2.45) is 0 Å². The first-order chi connectivity index (χ1) is 9.29. The number of nitrogen functional groups attached to an aromatic ring is 1. The van der Waals surface area contributed by atoms with Gasteiger partial charge in [-0.3, -0.25) is 0 Å². The van der Waals surface area contributed by atoms with Crippen molar-refractivity contribution in [1.29, 1.82) is 0 Å². The number of nitrogens with one attached hydrogen (secondary N) is 1. The molecule has 1 heterocycles. The number of aryl methyl sites for hydroxylation is 1. The maximum atomic E-state index is 13.6. The van der Waals surface area contributed by atoms with Crippen LogP contribution < -0.4 is 10.5 Å². The molecule has 0 radical (unpaired) electrons. The van der Waals surface area contributed by atoms with Gasteiger partial charge in [-0.15, -0.1) is 11.3 Å². The van der Waals surface area contributed by atoms with Crippen LogP contribution in [0.3, 0.4) is 0 Å². The highest BCUT2D eigenvalue weighted by molar-refractivity contribution is 7.89. The van der Waals surface area contributed by atoms with E-state index in [2.05, 4.69) is 4.72 Å². The lowest BCUT2D eigenvalue weighted by atomic mass is 10.3. The minimum absolute atomic E-state index is 0.0237. The Hall–Kier alpha value is -1.51. The van der Waals surface area contributed by atoms with E-state index in [1.54, 1.807) is 6.07 Å². The van der Waals surface area contributed by atoms with E-state index in [1.165, 1.54) is 11.3 Å². The third kappa shape index (κ3) is 3.14. The summed E-state index contributed by atoms with van der Waals surface area (Å²) in [5, 5.41) is 0. The molecule has 0 amide bonds. The van der Waals surface area contributed by atoms with E-state index >= 15 is 0 Å². The Kier molecular flexibility index (Phi) is 4.07. The monoisotopic (exact) mass is 318 g/mol. The van der Waals surface area contributed by atoms with Gasteiger partial charge in [0, 0.05) is 22.0 Å². The fourth-order valence-corrected chi connectivity index (χ4v) is 3.70. The molecule has 0 aliphatic rings. The molecule has 0 saturated carbocycles. The van der Waals surface area contributed by atoms with E-state index in [1.807, 2.05) is 13.0 Å². The first-order valence-corrected chi connectivity index (χ1v) is 7.89. The van der Waals surface area contributed by atoms with Gasteiger partial charge in [-0.25, -0.2) is 21.9 Å². The van der Waals surface area contributed by atoms with Crippen LogP contribution in [0.5, 0.6) is 0 Å². The molecule has 8 heteroatoms. The molecule has 0 aliphatic heterocycles. The number of sulfonamides is 1. The highest BCUT2D eigenvalue weighted by Crippen LogP contribution is 2.22. The van der Waals surface area contributed by atoms with Crippen LogP contribution in [0.25, 0.3) is 0 Å². The Morgan fingerprint density at radius 2 is 1.85 bits per heavy atom. The SMILES string of the molecule is Cc1ccc(CNS(=O)(=O)c2c(F)cc(N)cc2F)s1. The number of nitrogens with two attached hydrogens (primary N) is 1. The van der Waals surface area contributed by atoms with Gasteiger partial charge in [0.05, 0.1) is 0 Å². The molecule has 0 atom stereocenters. The van der Waals surface area contributed by atoms with E-state index in [0.29, 0.717) is 0 Å². The fourth-order valence-electron chi connectivity index (χ4n) is 1.65. The quantitative estimate of drug-likeness (QED) is 0.850. The van der Waals surface area contributed by atoms with Crippen LogP contribution in [-0.4, -0.2) is 8.42 Å². The Morgan fingerprint density at radius 1 is 1.25 bits per heavy atom. The molecular weight excluding hydrogens is 306 g/mol.